The molecule has 3 heterocycles. The van der Waals surface area contributed by atoms with Gasteiger partial charge in [-0.15, -0.1) is 0 Å². The second-order valence-electron chi connectivity index (χ2n) is 16.3. The highest BCUT2D eigenvalue weighted by atomic mass is 16.8. The van der Waals surface area contributed by atoms with Crippen LogP contribution in [0.4, 0.5) is 0 Å². The maximum Gasteiger partial charge on any atom is 0.313 e. The summed E-state index contributed by atoms with van der Waals surface area (Å²) in [5, 5.41) is 0. The molecule has 3 aliphatic rings. The maximum atomic E-state index is 14.2. The van der Waals surface area contributed by atoms with Crippen molar-refractivity contribution < 1.29 is 76.0 Å². The van der Waals surface area contributed by atoms with E-state index in [1.54, 1.807) is 37.3 Å². The molecule has 68 heavy (non-hydrogen) atoms. The zero-order valence-electron chi connectivity index (χ0n) is 38.3. The molecule has 0 aromatic heterocycles. The van der Waals surface area contributed by atoms with Gasteiger partial charge in [-0.05, 0) is 17.2 Å². The van der Waals surface area contributed by atoms with Crippen molar-refractivity contribution in [3.63, 3.8) is 0 Å². The molecule has 3 saturated heterocycles. The second-order valence-corrected chi connectivity index (χ2v) is 16.3. The van der Waals surface area contributed by atoms with Gasteiger partial charge in [0, 0.05) is 31.6 Å². The van der Waals surface area contributed by atoms with Crippen molar-refractivity contribution in [2.75, 3.05) is 26.9 Å². The molecule has 0 saturated carbocycles. The minimum Gasteiger partial charge on any atom is -0.489 e. The maximum absolute atomic E-state index is 14.2. The molecule has 3 aliphatic heterocycles. The largest absolute Gasteiger partial charge is 0.489 e. The Morgan fingerprint density at radius 3 is 1.96 bits per heavy atom. The smallest absolute Gasteiger partial charge is 0.313 e. The van der Waals surface area contributed by atoms with E-state index in [0.717, 1.165) is 16.7 Å². The molecule has 4 aromatic carbocycles. The van der Waals surface area contributed by atoms with E-state index in [1.165, 1.54) is 14.0 Å². The number of fused-ring (bicyclic) bond motifs is 1. The molecule has 1 unspecified atom stereocenters. The molecular formula is C52H58O16. The Labute approximate surface area is 395 Å². The first-order chi connectivity index (χ1) is 33.1. The molecule has 3 fully saturated rings. The summed E-state index contributed by atoms with van der Waals surface area (Å²) in [6.07, 6.45) is -11.4. The topological polar surface area (TPSA) is 179 Å². The normalized spacial score (nSPS) is 26.7. The molecular weight excluding hydrogens is 881 g/mol. The van der Waals surface area contributed by atoms with Crippen LogP contribution in [0.2, 0.25) is 0 Å². The van der Waals surface area contributed by atoms with Crippen molar-refractivity contribution in [2.45, 2.75) is 114 Å². The van der Waals surface area contributed by atoms with E-state index < -0.39 is 98.6 Å². The lowest BCUT2D eigenvalue weighted by atomic mass is 9.96. The van der Waals surface area contributed by atoms with Crippen molar-refractivity contribution in [3.05, 3.63) is 150 Å². The Balaban J connectivity index is 1.21. The highest BCUT2D eigenvalue weighted by Crippen LogP contribution is 2.38. The van der Waals surface area contributed by atoms with E-state index in [1.807, 2.05) is 91.0 Å². The standard InChI is InChI=1S/C52H58O16/c1-5-26-58-39-25-17-16-24-37(39)27-42(55)67-49-46(59-29-34-18-10-7-11-19-34)44-40(31-61-50(68-44)36-22-14-9-15-23-36)65-52(49)62-32-41-45(66-43(56)28-38(54)6-2)47(63-33(3)53)48(51(57-4)64-41)60-30-35-20-12-8-13-21-35/h5,7-25,40-41,44-52H,1,6,26-32H2,2-4H3/t40-,41-,44+,45-,46+,47+,48-,49-,50?,51+,52-/m1/s1. The molecule has 16 heteroatoms. The molecule has 0 radical (unpaired) electrons. The summed E-state index contributed by atoms with van der Waals surface area (Å²) in [6.45, 7) is 6.55. The van der Waals surface area contributed by atoms with Crippen LogP contribution in [-0.4, -0.2) is 112 Å². The van der Waals surface area contributed by atoms with Gasteiger partial charge >= 0.3 is 17.9 Å². The molecule has 7 rings (SSSR count). The van der Waals surface area contributed by atoms with Crippen LogP contribution in [0.1, 0.15) is 55.2 Å². The van der Waals surface area contributed by atoms with E-state index in [2.05, 4.69) is 6.58 Å². The molecule has 0 aliphatic carbocycles. The summed E-state index contributed by atoms with van der Waals surface area (Å²) < 4.78 is 75.3. The number of methoxy groups -OCH3 is 1. The zero-order chi connectivity index (χ0) is 47.8. The van der Waals surface area contributed by atoms with Crippen LogP contribution in [0.3, 0.4) is 0 Å². The summed E-state index contributed by atoms with van der Waals surface area (Å²) in [5.74, 6) is -2.14. The first-order valence-electron chi connectivity index (χ1n) is 22.6. The summed E-state index contributed by atoms with van der Waals surface area (Å²) >= 11 is 0. The van der Waals surface area contributed by atoms with Crippen LogP contribution >= 0.6 is 0 Å². The monoisotopic (exact) mass is 938 g/mol. The number of para-hydroxylation sites is 1. The summed E-state index contributed by atoms with van der Waals surface area (Å²) in [7, 11) is 1.39. The van der Waals surface area contributed by atoms with Gasteiger partial charge in [-0.1, -0.05) is 129 Å². The number of hydrogen-bond donors (Lipinski definition) is 0. The lowest BCUT2D eigenvalue weighted by Crippen LogP contribution is -2.65. The molecule has 362 valence electrons. The van der Waals surface area contributed by atoms with Crippen LogP contribution in [0.15, 0.2) is 128 Å². The van der Waals surface area contributed by atoms with Gasteiger partial charge in [-0.3, -0.25) is 19.2 Å². The first kappa shape index (κ1) is 50.1. The van der Waals surface area contributed by atoms with Crippen molar-refractivity contribution in [3.8, 4) is 5.75 Å². The Hall–Kier alpha value is -5.82. The van der Waals surface area contributed by atoms with E-state index in [-0.39, 0.29) is 45.1 Å². The quantitative estimate of drug-likeness (QED) is 0.0370. The number of carbonyl (C=O) groups is 4. The van der Waals surface area contributed by atoms with Crippen LogP contribution in [0.25, 0.3) is 0 Å². The molecule has 0 bridgehead atoms. The van der Waals surface area contributed by atoms with E-state index >= 15 is 0 Å². The predicted molar refractivity (Wildman–Crippen MR) is 241 cm³/mol. The fourth-order valence-corrected chi connectivity index (χ4v) is 8.11. The Morgan fingerprint density at radius 1 is 0.676 bits per heavy atom. The summed E-state index contributed by atoms with van der Waals surface area (Å²) in [6, 6.07) is 35.2. The minimum absolute atomic E-state index is 0.0380. The second kappa shape index (κ2) is 25.0. The Kier molecular flexibility index (Phi) is 18.4. The number of rotatable bonds is 22. The number of carbonyl (C=O) groups excluding carboxylic acids is 4. The molecule has 11 atom stereocenters. The van der Waals surface area contributed by atoms with Gasteiger partial charge in [0.05, 0.1) is 32.8 Å². The first-order valence-corrected chi connectivity index (χ1v) is 22.6. The van der Waals surface area contributed by atoms with Gasteiger partial charge < -0.3 is 56.8 Å². The average molecular weight is 939 g/mol. The van der Waals surface area contributed by atoms with Crippen LogP contribution in [0, 0.1) is 0 Å². The fraction of sp³-hybridized carbons (Fsp3) is 0.423. The van der Waals surface area contributed by atoms with Crippen molar-refractivity contribution in [2.24, 2.45) is 0 Å². The molecule has 0 spiro atoms. The van der Waals surface area contributed by atoms with Gasteiger partial charge in [0.25, 0.3) is 0 Å². The molecule has 0 amide bonds. The van der Waals surface area contributed by atoms with Gasteiger partial charge in [-0.2, -0.15) is 0 Å². The third-order valence-corrected chi connectivity index (χ3v) is 11.4. The zero-order valence-corrected chi connectivity index (χ0v) is 38.3. The SMILES string of the molecule is C=CCOc1ccccc1CC(=O)O[C@H]1[C@H](OC[C@H]2O[C@H](OC)[C@H](OCc3ccccc3)[C@@H](OC(C)=O)[C@@H]2OC(=O)CC(=O)CC)O[C@@H]2COC(c3ccccc3)O[C@@H]2[C@@H]1OCc1ccccc1. The van der Waals surface area contributed by atoms with Gasteiger partial charge in [0.1, 0.15) is 55.1 Å². The predicted octanol–water partition coefficient (Wildman–Crippen LogP) is 6.32. The number of benzene rings is 4. The third kappa shape index (κ3) is 13.5. The van der Waals surface area contributed by atoms with Crippen molar-refractivity contribution >= 4 is 23.7 Å². The molecule has 4 aromatic rings. The highest BCUT2D eigenvalue weighted by molar-refractivity contribution is 5.95. The van der Waals surface area contributed by atoms with Gasteiger partial charge in [0.2, 0.25) is 0 Å². The Bertz CT molecular complexity index is 2240. The number of ether oxygens (including phenoxy) is 12. The van der Waals surface area contributed by atoms with Gasteiger partial charge in [0.15, 0.2) is 37.2 Å². The van der Waals surface area contributed by atoms with Crippen molar-refractivity contribution in [1.82, 2.24) is 0 Å². The highest BCUT2D eigenvalue weighted by Gasteiger charge is 2.55. The van der Waals surface area contributed by atoms with Crippen LogP contribution in [-0.2, 0) is 90.9 Å². The fourth-order valence-electron chi connectivity index (χ4n) is 8.11. The number of esters is 3. The number of Topliss-reactive ketones (excluding diaryl/α,β-unsaturated/α-hetero) is 1. The lowest BCUT2D eigenvalue weighted by Gasteiger charge is -2.49. The van der Waals surface area contributed by atoms with Crippen LogP contribution < -0.4 is 4.74 Å². The average Bonchev–Trinajstić information content (AvgIpc) is 3.35. The number of hydrogen-bond acceptors (Lipinski definition) is 16. The van der Waals surface area contributed by atoms with Gasteiger partial charge in [-0.25, -0.2) is 0 Å². The van der Waals surface area contributed by atoms with E-state index in [4.69, 9.17) is 56.8 Å². The lowest BCUT2D eigenvalue weighted by molar-refractivity contribution is -0.374. The third-order valence-electron chi connectivity index (χ3n) is 11.4. The van der Waals surface area contributed by atoms with Crippen molar-refractivity contribution in [1.29, 1.82) is 0 Å². The number of ketones is 1. The van der Waals surface area contributed by atoms with E-state index in [0.29, 0.717) is 11.3 Å². The summed E-state index contributed by atoms with van der Waals surface area (Å²) in [5.41, 5.74) is 2.96. The molecule has 0 N–H and O–H groups in total. The summed E-state index contributed by atoms with van der Waals surface area (Å²) in [4.78, 5) is 52.9. The Morgan fingerprint density at radius 2 is 1.31 bits per heavy atom. The van der Waals surface area contributed by atoms with E-state index in [9.17, 15) is 19.2 Å². The minimum atomic E-state index is -1.40. The van der Waals surface area contributed by atoms with Crippen LogP contribution in [0.5, 0.6) is 5.75 Å². The molecule has 16 nitrogen and oxygen atoms in total.